The maximum atomic E-state index is 11.5. The maximum absolute atomic E-state index is 11.5. The molecule has 4 heteroatoms. The molecule has 3 nitrogen and oxygen atoms in total. The van der Waals surface area contributed by atoms with Crippen molar-refractivity contribution < 1.29 is 14.3 Å². The van der Waals surface area contributed by atoms with Crippen LogP contribution in [-0.2, 0) is 4.74 Å². The molecule has 0 unspecified atom stereocenters. The van der Waals surface area contributed by atoms with Gasteiger partial charge in [-0.1, -0.05) is 0 Å². The Bertz CT molecular complexity index is 346. The lowest BCUT2D eigenvalue weighted by molar-refractivity contribution is 0.0378. The van der Waals surface area contributed by atoms with Gasteiger partial charge in [-0.15, -0.1) is 11.6 Å². The van der Waals surface area contributed by atoms with Gasteiger partial charge in [0.15, 0.2) is 0 Å². The first-order valence-electron chi connectivity index (χ1n) is 5.63. The van der Waals surface area contributed by atoms with E-state index < -0.39 is 0 Å². The van der Waals surface area contributed by atoms with Gasteiger partial charge in [-0.05, 0) is 44.5 Å². The summed E-state index contributed by atoms with van der Waals surface area (Å²) < 4.78 is 10.5. The summed E-state index contributed by atoms with van der Waals surface area (Å²) in [7, 11) is 0. The molecule has 0 aliphatic heterocycles. The number of esters is 1. The second-order valence-corrected chi connectivity index (χ2v) is 4.25. The molecular weight excluding hydrogens is 240 g/mol. The highest BCUT2D eigenvalue weighted by molar-refractivity contribution is 6.17. The number of carbonyl (C=O) groups is 1. The number of rotatable bonds is 6. The molecule has 0 radical (unpaired) electrons. The summed E-state index contributed by atoms with van der Waals surface area (Å²) in [5.41, 5.74) is 0.531. The van der Waals surface area contributed by atoms with Gasteiger partial charge < -0.3 is 9.47 Å². The molecular formula is C13H17ClO3. The number of ether oxygens (including phenoxy) is 2. The first-order chi connectivity index (χ1) is 8.13. The zero-order valence-corrected chi connectivity index (χ0v) is 10.9. The highest BCUT2D eigenvalue weighted by Crippen LogP contribution is 2.13. The summed E-state index contributed by atoms with van der Waals surface area (Å²) >= 11 is 5.54. The van der Waals surface area contributed by atoms with Crippen molar-refractivity contribution >= 4 is 17.6 Å². The fourth-order valence-electron chi connectivity index (χ4n) is 1.21. The van der Waals surface area contributed by atoms with Crippen LogP contribution >= 0.6 is 11.6 Å². The lowest BCUT2D eigenvalue weighted by Crippen LogP contribution is -2.11. The predicted molar refractivity (Wildman–Crippen MR) is 67.8 cm³/mol. The molecule has 0 heterocycles. The lowest BCUT2D eigenvalue weighted by Gasteiger charge is -2.08. The number of hydrogen-bond acceptors (Lipinski definition) is 3. The number of alkyl halides is 1. The minimum absolute atomic E-state index is 0.109. The van der Waals surface area contributed by atoms with Crippen LogP contribution in [0.5, 0.6) is 5.75 Å². The second-order valence-electron chi connectivity index (χ2n) is 3.87. The van der Waals surface area contributed by atoms with E-state index in [2.05, 4.69) is 0 Å². The molecule has 0 aromatic heterocycles. The van der Waals surface area contributed by atoms with Gasteiger partial charge in [0, 0.05) is 5.88 Å². The van der Waals surface area contributed by atoms with Crippen molar-refractivity contribution in [2.45, 2.75) is 26.4 Å². The number of benzene rings is 1. The van der Waals surface area contributed by atoms with E-state index in [1.165, 1.54) is 0 Å². The van der Waals surface area contributed by atoms with Crippen LogP contribution in [0.15, 0.2) is 24.3 Å². The average molecular weight is 257 g/mol. The molecule has 0 spiro atoms. The zero-order chi connectivity index (χ0) is 12.7. The minimum Gasteiger partial charge on any atom is -0.494 e. The van der Waals surface area contributed by atoms with Crippen LogP contribution in [0.3, 0.4) is 0 Å². The van der Waals surface area contributed by atoms with Crippen molar-refractivity contribution in [3.05, 3.63) is 29.8 Å². The molecule has 0 N–H and O–H groups in total. The van der Waals surface area contributed by atoms with Gasteiger partial charge in [0.25, 0.3) is 0 Å². The van der Waals surface area contributed by atoms with Gasteiger partial charge in [0.2, 0.25) is 0 Å². The van der Waals surface area contributed by atoms with Gasteiger partial charge in [0.1, 0.15) is 5.75 Å². The van der Waals surface area contributed by atoms with E-state index in [1.807, 2.05) is 13.8 Å². The first-order valence-corrected chi connectivity index (χ1v) is 6.16. The highest BCUT2D eigenvalue weighted by Gasteiger charge is 2.08. The lowest BCUT2D eigenvalue weighted by atomic mass is 10.2. The monoisotopic (exact) mass is 256 g/mol. The fourth-order valence-corrected chi connectivity index (χ4v) is 1.32. The summed E-state index contributed by atoms with van der Waals surface area (Å²) in [5.74, 6) is 1.00. The molecule has 1 aromatic carbocycles. The molecule has 1 aromatic rings. The van der Waals surface area contributed by atoms with Gasteiger partial charge in [-0.25, -0.2) is 4.79 Å². The molecule has 0 saturated carbocycles. The summed E-state index contributed by atoms with van der Waals surface area (Å²) in [6.07, 6.45) is 0.695. The smallest absolute Gasteiger partial charge is 0.338 e. The standard InChI is InChI=1S/C13H17ClO3/c1-10(2)17-13(15)11-4-6-12(7-5-11)16-9-3-8-14/h4-7,10H,3,8-9H2,1-2H3. The van der Waals surface area contributed by atoms with E-state index >= 15 is 0 Å². The molecule has 0 aliphatic rings. The van der Waals surface area contributed by atoms with Crippen LogP contribution in [0.4, 0.5) is 0 Å². The first kappa shape index (κ1) is 13.8. The number of halogens is 1. The summed E-state index contributed by atoms with van der Waals surface area (Å²) in [6, 6.07) is 6.90. The van der Waals surface area contributed by atoms with Gasteiger partial charge in [-0.3, -0.25) is 0 Å². The van der Waals surface area contributed by atoms with Gasteiger partial charge in [0.05, 0.1) is 18.3 Å². The summed E-state index contributed by atoms with van der Waals surface area (Å²) in [6.45, 7) is 4.22. The third-order valence-electron chi connectivity index (χ3n) is 1.98. The minimum atomic E-state index is -0.313. The molecule has 1 rings (SSSR count). The van der Waals surface area contributed by atoms with Crippen molar-refractivity contribution in [2.75, 3.05) is 12.5 Å². The quantitative estimate of drug-likeness (QED) is 0.445. The molecule has 0 bridgehead atoms. The zero-order valence-electron chi connectivity index (χ0n) is 10.1. The van der Waals surface area contributed by atoms with E-state index in [0.717, 1.165) is 12.2 Å². The Kier molecular flexibility index (Phi) is 5.84. The van der Waals surface area contributed by atoms with E-state index in [0.29, 0.717) is 18.1 Å². The average Bonchev–Trinajstić information content (AvgIpc) is 2.29. The highest BCUT2D eigenvalue weighted by atomic mass is 35.5. The molecule has 0 atom stereocenters. The van der Waals surface area contributed by atoms with Crippen molar-refractivity contribution in [1.29, 1.82) is 0 Å². The van der Waals surface area contributed by atoms with Crippen molar-refractivity contribution in [3.63, 3.8) is 0 Å². The van der Waals surface area contributed by atoms with Crippen LogP contribution in [0.1, 0.15) is 30.6 Å². The molecule has 0 fully saturated rings. The summed E-state index contributed by atoms with van der Waals surface area (Å²) in [5, 5.41) is 0. The summed E-state index contributed by atoms with van der Waals surface area (Å²) in [4.78, 5) is 11.5. The van der Waals surface area contributed by atoms with E-state index in [4.69, 9.17) is 21.1 Å². The Morgan fingerprint density at radius 1 is 1.29 bits per heavy atom. The molecule has 94 valence electrons. The van der Waals surface area contributed by atoms with Crippen LogP contribution in [0.25, 0.3) is 0 Å². The number of carbonyl (C=O) groups excluding carboxylic acids is 1. The Balaban J connectivity index is 2.52. The second kappa shape index (κ2) is 7.17. The Labute approximate surface area is 107 Å². The topological polar surface area (TPSA) is 35.5 Å². The predicted octanol–water partition coefficient (Wildman–Crippen LogP) is 3.26. The Morgan fingerprint density at radius 2 is 1.94 bits per heavy atom. The van der Waals surface area contributed by atoms with Gasteiger partial charge in [-0.2, -0.15) is 0 Å². The molecule has 17 heavy (non-hydrogen) atoms. The Morgan fingerprint density at radius 3 is 2.47 bits per heavy atom. The SMILES string of the molecule is CC(C)OC(=O)c1ccc(OCCCCl)cc1. The third-order valence-corrected chi connectivity index (χ3v) is 2.25. The number of hydrogen-bond donors (Lipinski definition) is 0. The normalized spacial score (nSPS) is 10.4. The largest absolute Gasteiger partial charge is 0.494 e. The van der Waals surface area contributed by atoms with Gasteiger partial charge >= 0.3 is 5.97 Å². The maximum Gasteiger partial charge on any atom is 0.338 e. The van der Waals surface area contributed by atoms with Crippen LogP contribution in [-0.4, -0.2) is 24.6 Å². The van der Waals surface area contributed by atoms with Crippen LogP contribution < -0.4 is 4.74 Å². The third kappa shape index (κ3) is 5.09. The molecule has 0 saturated heterocycles. The fraction of sp³-hybridized carbons (Fsp3) is 0.462. The van der Waals surface area contributed by atoms with Crippen molar-refractivity contribution in [2.24, 2.45) is 0 Å². The molecule has 0 amide bonds. The van der Waals surface area contributed by atoms with E-state index in [-0.39, 0.29) is 12.1 Å². The van der Waals surface area contributed by atoms with Crippen molar-refractivity contribution in [3.8, 4) is 5.75 Å². The van der Waals surface area contributed by atoms with E-state index in [1.54, 1.807) is 24.3 Å². The van der Waals surface area contributed by atoms with Crippen LogP contribution in [0.2, 0.25) is 0 Å². The van der Waals surface area contributed by atoms with Crippen molar-refractivity contribution in [1.82, 2.24) is 0 Å². The molecule has 0 aliphatic carbocycles. The Hall–Kier alpha value is -1.22. The van der Waals surface area contributed by atoms with Crippen LogP contribution in [0, 0.1) is 0 Å². The van der Waals surface area contributed by atoms with E-state index in [9.17, 15) is 4.79 Å².